The number of hydrogen-bond acceptors (Lipinski definition) is 13. The zero-order valence-electron chi connectivity index (χ0n) is 26.7. The summed E-state index contributed by atoms with van der Waals surface area (Å²) in [4.78, 5) is 73.8. The fourth-order valence-corrected chi connectivity index (χ4v) is 7.83. The zero-order chi connectivity index (χ0) is 33.8. The lowest BCUT2D eigenvalue weighted by Gasteiger charge is -2.50. The summed E-state index contributed by atoms with van der Waals surface area (Å²) < 4.78 is 27.9. The average Bonchev–Trinajstić information content (AvgIpc) is 3.86. The highest BCUT2D eigenvalue weighted by molar-refractivity contribution is 5.96. The number of carbonyl (C=O) groups is 5. The number of fused-ring (bicyclic) bond motifs is 4. The molecule has 2 amide bonds. The second-order valence-corrected chi connectivity index (χ2v) is 13.8. The number of benzene rings is 1. The third kappa shape index (κ3) is 5.47. The third-order valence-corrected chi connectivity index (χ3v) is 10.2. The Balaban J connectivity index is 1.10. The fraction of sp³-hybridized carbons (Fsp3) is 0.606. The lowest BCUT2D eigenvalue weighted by atomic mass is 9.62. The molecule has 2 N–H and O–H groups in total. The zero-order valence-corrected chi connectivity index (χ0v) is 26.7. The van der Waals surface area contributed by atoms with Gasteiger partial charge in [-0.1, -0.05) is 38.1 Å². The van der Waals surface area contributed by atoms with E-state index in [0.717, 1.165) is 5.56 Å². The summed E-state index contributed by atoms with van der Waals surface area (Å²) in [6.07, 6.45) is 0.232. The topological polar surface area (TPSA) is 179 Å². The maximum absolute atomic E-state index is 14.7. The first kappa shape index (κ1) is 32.6. The predicted molar refractivity (Wildman–Crippen MR) is 161 cm³/mol. The maximum Gasteiger partial charge on any atom is 0.348 e. The molecule has 7 rings (SSSR count). The first-order valence-electron chi connectivity index (χ1n) is 16.2. The highest BCUT2D eigenvalue weighted by Crippen LogP contribution is 2.56. The van der Waals surface area contributed by atoms with Crippen LogP contribution in [0.25, 0.3) is 6.08 Å². The highest BCUT2D eigenvalue weighted by atomic mass is 16.8. The summed E-state index contributed by atoms with van der Waals surface area (Å²) in [7, 11) is 0. The van der Waals surface area contributed by atoms with Gasteiger partial charge >= 0.3 is 17.9 Å². The molecule has 15 heteroatoms. The molecular formula is C33H39N3O12. The van der Waals surface area contributed by atoms with Crippen molar-refractivity contribution in [1.29, 1.82) is 0 Å². The summed E-state index contributed by atoms with van der Waals surface area (Å²) in [5.41, 5.74) is -0.554. The van der Waals surface area contributed by atoms with Crippen molar-refractivity contribution in [3.63, 3.8) is 0 Å². The van der Waals surface area contributed by atoms with E-state index in [2.05, 4.69) is 5.32 Å². The first-order chi connectivity index (χ1) is 23.0. The summed E-state index contributed by atoms with van der Waals surface area (Å²) in [6, 6.07) is 5.32. The van der Waals surface area contributed by atoms with Gasteiger partial charge in [0.2, 0.25) is 17.9 Å². The highest BCUT2D eigenvalue weighted by Gasteiger charge is 2.75. The molecule has 258 valence electrons. The summed E-state index contributed by atoms with van der Waals surface area (Å²) >= 11 is 0. The summed E-state index contributed by atoms with van der Waals surface area (Å²) in [5.74, 6) is -2.56. The van der Waals surface area contributed by atoms with Crippen LogP contribution in [0.3, 0.4) is 0 Å². The van der Waals surface area contributed by atoms with Gasteiger partial charge in [-0.05, 0) is 30.0 Å². The van der Waals surface area contributed by atoms with Crippen molar-refractivity contribution in [1.82, 2.24) is 15.3 Å². The van der Waals surface area contributed by atoms with Gasteiger partial charge in [0.1, 0.15) is 49.3 Å². The molecule has 1 aromatic carbocycles. The minimum absolute atomic E-state index is 0.0287. The number of esters is 3. The normalized spacial score (nSPS) is 35.0. The predicted octanol–water partition coefficient (Wildman–Crippen LogP) is -0.164. The van der Waals surface area contributed by atoms with Crippen molar-refractivity contribution < 1.29 is 57.6 Å². The number of aliphatic hydroxyl groups excluding tert-OH is 1. The van der Waals surface area contributed by atoms with E-state index in [1.807, 2.05) is 0 Å². The largest absolute Gasteiger partial charge is 0.462 e. The van der Waals surface area contributed by atoms with Crippen LogP contribution in [0.2, 0.25) is 0 Å². The van der Waals surface area contributed by atoms with E-state index < -0.39 is 71.3 Å². The van der Waals surface area contributed by atoms with E-state index in [0.29, 0.717) is 24.9 Å². The van der Waals surface area contributed by atoms with Crippen LogP contribution >= 0.6 is 0 Å². The number of nitrogens with one attached hydrogen (secondary N) is 1. The number of cyclic esters (lactones) is 1. The Hall–Kier alpha value is -3.89. The van der Waals surface area contributed by atoms with E-state index in [1.54, 1.807) is 44.2 Å². The Kier molecular flexibility index (Phi) is 8.52. The number of carbonyl (C=O) groups excluding carboxylic acids is 5. The van der Waals surface area contributed by atoms with Gasteiger partial charge in [0, 0.05) is 31.0 Å². The molecule has 15 nitrogen and oxygen atoms in total. The minimum Gasteiger partial charge on any atom is -0.462 e. The van der Waals surface area contributed by atoms with E-state index in [-0.39, 0.29) is 51.3 Å². The van der Waals surface area contributed by atoms with Gasteiger partial charge in [-0.15, -0.1) is 0 Å². The second kappa shape index (κ2) is 12.5. The second-order valence-electron chi connectivity index (χ2n) is 13.8. The molecule has 1 aliphatic carbocycles. The van der Waals surface area contributed by atoms with Gasteiger partial charge in [-0.2, -0.15) is 5.06 Å². The molecule has 1 saturated carbocycles. The molecule has 5 heterocycles. The lowest BCUT2D eigenvalue weighted by Crippen LogP contribution is -2.70. The Labute approximate surface area is 276 Å². The molecule has 0 spiro atoms. The minimum atomic E-state index is -1.38. The van der Waals surface area contributed by atoms with E-state index >= 15 is 0 Å². The molecule has 5 saturated heterocycles. The Morgan fingerprint density at radius 2 is 1.88 bits per heavy atom. The Morgan fingerprint density at radius 1 is 1.10 bits per heavy atom. The molecule has 8 atom stereocenters. The number of ether oxygens (including phenoxy) is 5. The van der Waals surface area contributed by atoms with Crippen LogP contribution in [0.15, 0.2) is 30.3 Å². The number of hydroxylamine groups is 2. The van der Waals surface area contributed by atoms with Crippen LogP contribution in [0.4, 0.5) is 0 Å². The smallest absolute Gasteiger partial charge is 0.348 e. The van der Waals surface area contributed by atoms with Gasteiger partial charge in [0.05, 0.1) is 13.2 Å². The number of nitrogens with zero attached hydrogens (tertiary/aromatic N) is 2. The van der Waals surface area contributed by atoms with Crippen LogP contribution in [0.5, 0.6) is 0 Å². The van der Waals surface area contributed by atoms with Gasteiger partial charge in [0.15, 0.2) is 6.04 Å². The number of likely N-dealkylation sites (tertiary alicyclic amines) is 1. The van der Waals surface area contributed by atoms with Gasteiger partial charge in [-0.25, -0.2) is 9.59 Å². The molecule has 0 aromatic heterocycles. The molecule has 48 heavy (non-hydrogen) atoms. The standard InChI is InChI=1S/C33H39N3O12/c1-32(2)16-43-30(41)27(32)47-22(38)10-9-18-5-7-19(8-6-18)15-36-25-29(40)46-21-14-33(25,26(48-36)24-23(21)44-17-45-24)31(42)35-12-3-4-20(35)28(39)34-11-13-37/h5-10,20-21,23-27,37H,3-4,11-17H2,1-2H3,(H,34,39)/t20-,21+,23+,24+,25+,26-,27+,33+/m1/s1. The fourth-order valence-electron chi connectivity index (χ4n) is 7.83. The van der Waals surface area contributed by atoms with Gasteiger partial charge in [-0.3, -0.25) is 19.2 Å². The number of amides is 2. The quantitative estimate of drug-likeness (QED) is 0.201. The molecule has 6 fully saturated rings. The monoisotopic (exact) mass is 669 g/mol. The van der Waals surface area contributed by atoms with Crippen LogP contribution in [0, 0.1) is 10.8 Å². The SMILES string of the molecule is CC1(C)COC(=O)[C@@H]1OC(=O)C=Cc1ccc(CN2O[C@@H]3[C@H]4OCO[C@H]4[C@@H]4C[C@]3(C(=O)N3CCC[C@@H]3C(=O)NCCO)[C@@H]2C(=O)O4)cc1. The van der Waals surface area contributed by atoms with E-state index in [4.69, 9.17) is 28.5 Å². The Bertz CT molecular complexity index is 1510. The molecular weight excluding hydrogens is 630 g/mol. The van der Waals surface area contributed by atoms with Crippen molar-refractivity contribution in [2.75, 3.05) is 33.1 Å². The molecule has 0 unspecified atom stereocenters. The van der Waals surface area contributed by atoms with Crippen LogP contribution < -0.4 is 5.32 Å². The number of hydrogen-bond donors (Lipinski definition) is 2. The summed E-state index contributed by atoms with van der Waals surface area (Å²) in [6.45, 7) is 4.03. The van der Waals surface area contributed by atoms with Crippen LogP contribution in [0.1, 0.15) is 44.2 Å². The third-order valence-electron chi connectivity index (χ3n) is 10.2. The summed E-state index contributed by atoms with van der Waals surface area (Å²) in [5, 5.41) is 13.4. The van der Waals surface area contributed by atoms with Crippen molar-refractivity contribution in [3.05, 3.63) is 41.5 Å². The first-order valence-corrected chi connectivity index (χ1v) is 16.2. The van der Waals surface area contributed by atoms with Crippen LogP contribution in [-0.4, -0.2) is 120 Å². The average molecular weight is 670 g/mol. The van der Waals surface area contributed by atoms with Crippen molar-refractivity contribution >= 4 is 35.8 Å². The van der Waals surface area contributed by atoms with Crippen molar-refractivity contribution in [2.24, 2.45) is 10.8 Å². The molecule has 5 aliphatic heterocycles. The molecule has 0 radical (unpaired) electrons. The lowest BCUT2D eigenvalue weighted by molar-refractivity contribution is -0.204. The molecule has 1 aromatic rings. The van der Waals surface area contributed by atoms with Gasteiger partial charge < -0.3 is 39.0 Å². The molecule has 6 aliphatic rings. The van der Waals surface area contributed by atoms with E-state index in [9.17, 15) is 29.1 Å². The van der Waals surface area contributed by atoms with Crippen molar-refractivity contribution in [2.45, 2.75) is 82.3 Å². The Morgan fingerprint density at radius 3 is 2.60 bits per heavy atom. The van der Waals surface area contributed by atoms with Gasteiger partial charge in [0.25, 0.3) is 0 Å². The van der Waals surface area contributed by atoms with Crippen LogP contribution in [-0.2, 0) is 59.0 Å². The van der Waals surface area contributed by atoms with Crippen molar-refractivity contribution in [3.8, 4) is 0 Å². The van der Waals surface area contributed by atoms with E-state index in [1.165, 1.54) is 16.0 Å². The number of rotatable bonds is 9. The molecule has 2 bridgehead atoms. The number of aliphatic hydroxyl groups is 1. The maximum atomic E-state index is 14.7.